The zero-order valence-electron chi connectivity index (χ0n) is 10.7. The fourth-order valence-electron chi connectivity index (χ4n) is 3.50. The molecule has 0 heterocycles. The first kappa shape index (κ1) is 11.6. The van der Waals surface area contributed by atoms with Crippen LogP contribution in [-0.4, -0.2) is 13.0 Å². The first-order valence-electron chi connectivity index (χ1n) is 6.71. The lowest BCUT2D eigenvalue weighted by atomic mass is 9.88. The second-order valence-electron chi connectivity index (χ2n) is 5.50. The Morgan fingerprint density at radius 3 is 2.89 bits per heavy atom. The molecule has 3 rings (SSSR count). The minimum atomic E-state index is 0.190. The molecule has 2 bridgehead atoms. The highest BCUT2D eigenvalue weighted by Gasteiger charge is 2.42. The van der Waals surface area contributed by atoms with Crippen molar-refractivity contribution in [1.82, 2.24) is 0 Å². The Balaban J connectivity index is 1.67. The van der Waals surface area contributed by atoms with E-state index in [1.807, 2.05) is 24.3 Å². The summed E-state index contributed by atoms with van der Waals surface area (Å²) in [5.74, 6) is 2.63. The quantitative estimate of drug-likeness (QED) is 0.888. The molecule has 18 heavy (non-hydrogen) atoms. The molecule has 96 valence electrons. The molecule has 0 aromatic heterocycles. The molecular weight excluding hydrogens is 226 g/mol. The van der Waals surface area contributed by atoms with Gasteiger partial charge >= 0.3 is 0 Å². The van der Waals surface area contributed by atoms with Crippen molar-refractivity contribution in [3.63, 3.8) is 0 Å². The lowest BCUT2D eigenvalue weighted by Crippen LogP contribution is -2.27. The summed E-state index contributed by atoms with van der Waals surface area (Å²) in [6.45, 7) is 0. The summed E-state index contributed by atoms with van der Waals surface area (Å²) < 4.78 is 5.16. The van der Waals surface area contributed by atoms with E-state index in [9.17, 15) is 4.79 Å². The van der Waals surface area contributed by atoms with E-state index in [-0.39, 0.29) is 11.8 Å². The molecule has 3 nitrogen and oxygen atoms in total. The van der Waals surface area contributed by atoms with Crippen molar-refractivity contribution in [1.29, 1.82) is 0 Å². The lowest BCUT2D eigenvalue weighted by Gasteiger charge is -2.20. The highest BCUT2D eigenvalue weighted by molar-refractivity contribution is 5.93. The van der Waals surface area contributed by atoms with Gasteiger partial charge in [-0.05, 0) is 43.2 Å². The van der Waals surface area contributed by atoms with E-state index in [0.29, 0.717) is 5.92 Å². The number of amides is 1. The van der Waals surface area contributed by atoms with Crippen LogP contribution in [0.2, 0.25) is 0 Å². The zero-order valence-corrected chi connectivity index (χ0v) is 10.7. The lowest BCUT2D eigenvalue weighted by molar-refractivity contribution is -0.121. The Hall–Kier alpha value is -1.51. The Morgan fingerprint density at radius 2 is 2.22 bits per heavy atom. The van der Waals surface area contributed by atoms with E-state index in [2.05, 4.69) is 5.32 Å². The molecule has 0 spiro atoms. The fraction of sp³-hybridized carbons (Fsp3) is 0.533. The van der Waals surface area contributed by atoms with Crippen LogP contribution in [0.15, 0.2) is 24.3 Å². The third kappa shape index (κ3) is 2.09. The van der Waals surface area contributed by atoms with Crippen molar-refractivity contribution in [2.75, 3.05) is 12.4 Å². The largest absolute Gasteiger partial charge is 0.497 e. The Bertz CT molecular complexity index is 458. The van der Waals surface area contributed by atoms with Crippen LogP contribution in [-0.2, 0) is 4.79 Å². The minimum Gasteiger partial charge on any atom is -0.497 e. The molecule has 1 aromatic carbocycles. The molecule has 0 radical (unpaired) electrons. The van der Waals surface area contributed by atoms with E-state index < -0.39 is 0 Å². The monoisotopic (exact) mass is 245 g/mol. The molecule has 2 aliphatic rings. The Kier molecular flexibility index (Phi) is 2.98. The van der Waals surface area contributed by atoms with Crippen molar-refractivity contribution < 1.29 is 9.53 Å². The number of anilines is 1. The molecule has 0 saturated heterocycles. The predicted octanol–water partition coefficient (Wildman–Crippen LogP) is 3.07. The van der Waals surface area contributed by atoms with Gasteiger partial charge in [-0.15, -0.1) is 0 Å². The van der Waals surface area contributed by atoms with Crippen molar-refractivity contribution in [2.45, 2.75) is 25.7 Å². The van der Waals surface area contributed by atoms with E-state index in [1.54, 1.807) is 7.11 Å². The summed E-state index contributed by atoms with van der Waals surface area (Å²) in [6.07, 6.45) is 4.91. The van der Waals surface area contributed by atoms with Gasteiger partial charge in [0.2, 0.25) is 5.91 Å². The van der Waals surface area contributed by atoms with Crippen LogP contribution in [0.1, 0.15) is 25.7 Å². The van der Waals surface area contributed by atoms with Gasteiger partial charge < -0.3 is 10.1 Å². The second kappa shape index (κ2) is 4.63. The summed E-state index contributed by atoms with van der Waals surface area (Å²) in [4.78, 5) is 12.3. The summed E-state index contributed by atoms with van der Waals surface area (Å²) in [6, 6.07) is 7.56. The van der Waals surface area contributed by atoms with Gasteiger partial charge in [0, 0.05) is 17.7 Å². The van der Waals surface area contributed by atoms with Crippen LogP contribution in [0.25, 0.3) is 0 Å². The SMILES string of the molecule is COc1cccc(NC(=O)[C@@H]2C[C@H]3CC[C@H]2C3)c1. The number of ether oxygens (including phenoxy) is 1. The summed E-state index contributed by atoms with van der Waals surface area (Å²) in [5, 5.41) is 3.02. The van der Waals surface area contributed by atoms with Crippen LogP contribution >= 0.6 is 0 Å². The third-order valence-corrected chi connectivity index (χ3v) is 4.41. The number of carbonyl (C=O) groups is 1. The molecule has 2 saturated carbocycles. The Labute approximate surface area is 108 Å². The van der Waals surface area contributed by atoms with Crippen molar-refractivity contribution in [2.24, 2.45) is 17.8 Å². The zero-order chi connectivity index (χ0) is 12.5. The average molecular weight is 245 g/mol. The number of fused-ring (bicyclic) bond motifs is 2. The van der Waals surface area contributed by atoms with Gasteiger partial charge in [-0.1, -0.05) is 12.5 Å². The number of carbonyl (C=O) groups excluding carboxylic acids is 1. The smallest absolute Gasteiger partial charge is 0.227 e. The van der Waals surface area contributed by atoms with E-state index in [1.165, 1.54) is 19.3 Å². The normalized spacial score (nSPS) is 29.3. The first-order chi connectivity index (χ1) is 8.76. The van der Waals surface area contributed by atoms with Gasteiger partial charge in [0.25, 0.3) is 0 Å². The first-order valence-corrected chi connectivity index (χ1v) is 6.71. The molecule has 0 aliphatic heterocycles. The van der Waals surface area contributed by atoms with Gasteiger partial charge in [-0.2, -0.15) is 0 Å². The Morgan fingerprint density at radius 1 is 1.33 bits per heavy atom. The van der Waals surface area contributed by atoms with E-state index >= 15 is 0 Å². The number of benzene rings is 1. The van der Waals surface area contributed by atoms with Crippen LogP contribution in [0.3, 0.4) is 0 Å². The van der Waals surface area contributed by atoms with Gasteiger partial charge in [0.1, 0.15) is 5.75 Å². The molecule has 3 heteroatoms. The minimum absolute atomic E-state index is 0.190. The second-order valence-corrected chi connectivity index (χ2v) is 5.50. The molecule has 1 amide bonds. The number of methoxy groups -OCH3 is 1. The van der Waals surface area contributed by atoms with Gasteiger partial charge in [0.15, 0.2) is 0 Å². The molecule has 2 fully saturated rings. The average Bonchev–Trinajstić information content (AvgIpc) is 3.01. The summed E-state index contributed by atoms with van der Waals surface area (Å²) in [5.41, 5.74) is 0.835. The van der Waals surface area contributed by atoms with Crippen LogP contribution < -0.4 is 10.1 Å². The van der Waals surface area contributed by atoms with Gasteiger partial charge in [-0.25, -0.2) is 0 Å². The van der Waals surface area contributed by atoms with Gasteiger partial charge in [-0.3, -0.25) is 4.79 Å². The highest BCUT2D eigenvalue weighted by Crippen LogP contribution is 2.48. The van der Waals surface area contributed by atoms with Crippen molar-refractivity contribution >= 4 is 11.6 Å². The summed E-state index contributed by atoms with van der Waals surface area (Å²) >= 11 is 0. The van der Waals surface area contributed by atoms with Crippen molar-refractivity contribution in [3.05, 3.63) is 24.3 Å². The molecular formula is C15H19NO2. The molecule has 3 atom stereocenters. The maximum absolute atomic E-state index is 12.3. The maximum atomic E-state index is 12.3. The number of hydrogen-bond donors (Lipinski definition) is 1. The van der Waals surface area contributed by atoms with Gasteiger partial charge in [0.05, 0.1) is 7.11 Å². The molecule has 2 aliphatic carbocycles. The topological polar surface area (TPSA) is 38.3 Å². The number of hydrogen-bond acceptors (Lipinski definition) is 2. The fourth-order valence-corrected chi connectivity index (χ4v) is 3.50. The van der Waals surface area contributed by atoms with Crippen molar-refractivity contribution in [3.8, 4) is 5.75 Å². The van der Waals surface area contributed by atoms with Crippen LogP contribution in [0.5, 0.6) is 5.75 Å². The predicted molar refractivity (Wildman–Crippen MR) is 70.6 cm³/mol. The van der Waals surface area contributed by atoms with Crippen LogP contribution in [0, 0.1) is 17.8 Å². The number of rotatable bonds is 3. The van der Waals surface area contributed by atoms with Crippen LogP contribution in [0.4, 0.5) is 5.69 Å². The number of nitrogens with one attached hydrogen (secondary N) is 1. The molecule has 1 aromatic rings. The maximum Gasteiger partial charge on any atom is 0.227 e. The third-order valence-electron chi connectivity index (χ3n) is 4.41. The highest BCUT2D eigenvalue weighted by atomic mass is 16.5. The van der Waals surface area contributed by atoms with E-state index in [0.717, 1.165) is 23.8 Å². The standard InChI is InChI=1S/C15H19NO2/c1-18-13-4-2-3-12(9-13)16-15(17)14-8-10-5-6-11(14)7-10/h2-4,9-11,14H,5-8H2,1H3,(H,16,17)/t10-,11-,14+/m0/s1. The summed E-state index contributed by atoms with van der Waals surface area (Å²) in [7, 11) is 1.64. The molecule has 0 unspecified atom stereocenters. The van der Waals surface area contributed by atoms with E-state index in [4.69, 9.17) is 4.74 Å². The molecule has 1 N–H and O–H groups in total.